The number of rotatable bonds is 2. The number of para-hydroxylation sites is 1. The monoisotopic (exact) mass is 403 g/mol. The first-order valence-corrected chi connectivity index (χ1v) is 8.94. The summed E-state index contributed by atoms with van der Waals surface area (Å²) in [5.74, 6) is -1.49. The van der Waals surface area contributed by atoms with Crippen molar-refractivity contribution < 1.29 is 32.6 Å². The maximum atomic E-state index is 12.6. The average molecular weight is 403 g/mol. The van der Waals surface area contributed by atoms with Gasteiger partial charge in [0.15, 0.2) is 0 Å². The number of alkyl halides is 3. The lowest BCUT2D eigenvalue weighted by molar-refractivity contribution is -0.192. The Balaban J connectivity index is 0.000000345. The van der Waals surface area contributed by atoms with Crippen LogP contribution in [0, 0.1) is 5.92 Å². The number of aliphatic carboxylic acids is 1. The van der Waals surface area contributed by atoms with Crippen molar-refractivity contribution in [1.82, 2.24) is 10.2 Å². The lowest BCUT2D eigenvalue weighted by Gasteiger charge is -2.38. The topological polar surface area (TPSA) is 90.9 Å². The van der Waals surface area contributed by atoms with Crippen molar-refractivity contribution in [2.24, 2.45) is 5.92 Å². The van der Waals surface area contributed by atoms with Gasteiger partial charge in [-0.2, -0.15) is 13.2 Å². The first-order valence-electron chi connectivity index (χ1n) is 8.94. The van der Waals surface area contributed by atoms with Crippen molar-refractivity contribution in [2.75, 3.05) is 31.6 Å². The van der Waals surface area contributed by atoms with Crippen molar-refractivity contribution in [3.8, 4) is 5.75 Å². The van der Waals surface area contributed by atoms with Gasteiger partial charge < -0.3 is 25.4 Å². The molecule has 1 aromatic carbocycles. The number of ether oxygens (including phenoxy) is 1. The van der Waals surface area contributed by atoms with Gasteiger partial charge in [-0.3, -0.25) is 0 Å². The van der Waals surface area contributed by atoms with Crippen LogP contribution in [0.3, 0.4) is 0 Å². The Morgan fingerprint density at radius 1 is 1.36 bits per heavy atom. The van der Waals surface area contributed by atoms with E-state index < -0.39 is 12.1 Å². The molecular formula is C18H24F3N3O4. The Kier molecular flexibility index (Phi) is 7.11. The number of piperazine rings is 1. The molecule has 0 aromatic heterocycles. The lowest BCUT2D eigenvalue weighted by atomic mass is 10.0. The fraction of sp³-hybridized carbons (Fsp3) is 0.556. The van der Waals surface area contributed by atoms with Crippen molar-refractivity contribution in [3.63, 3.8) is 0 Å². The first-order chi connectivity index (χ1) is 13.1. The van der Waals surface area contributed by atoms with Gasteiger partial charge in [0.05, 0.1) is 12.3 Å². The maximum absolute atomic E-state index is 12.6. The molecule has 1 atom stereocenters. The van der Waals surface area contributed by atoms with Gasteiger partial charge >= 0.3 is 18.2 Å². The molecule has 3 rings (SSSR count). The largest absolute Gasteiger partial charge is 0.491 e. The van der Waals surface area contributed by atoms with E-state index in [0.29, 0.717) is 12.5 Å². The number of carboxylic acids is 1. The number of carboxylic acid groups (broad SMARTS) is 1. The molecule has 0 saturated carbocycles. The van der Waals surface area contributed by atoms with E-state index in [2.05, 4.69) is 30.5 Å². The number of carbonyl (C=O) groups excluding carboxylic acids is 1. The number of amides is 2. The zero-order valence-corrected chi connectivity index (χ0v) is 15.7. The summed E-state index contributed by atoms with van der Waals surface area (Å²) in [7, 11) is 0. The number of halogens is 3. The molecule has 1 unspecified atom stereocenters. The van der Waals surface area contributed by atoms with Gasteiger partial charge in [-0.1, -0.05) is 26.0 Å². The summed E-state index contributed by atoms with van der Waals surface area (Å²) in [5.41, 5.74) is 1.96. The molecule has 2 aliphatic heterocycles. The number of nitrogens with zero attached hydrogens (tertiary/aromatic N) is 1. The van der Waals surface area contributed by atoms with Crippen LogP contribution in [0.4, 0.5) is 23.7 Å². The van der Waals surface area contributed by atoms with Crippen molar-refractivity contribution >= 4 is 17.7 Å². The molecule has 1 saturated heterocycles. The third-order valence-electron chi connectivity index (χ3n) is 4.51. The normalized spacial score (nSPS) is 18.6. The van der Waals surface area contributed by atoms with Crippen LogP contribution in [0.1, 0.15) is 19.4 Å². The van der Waals surface area contributed by atoms with E-state index in [4.69, 9.17) is 14.6 Å². The summed E-state index contributed by atoms with van der Waals surface area (Å²) in [6.07, 6.45) is -4.17. The zero-order valence-electron chi connectivity index (χ0n) is 15.7. The molecule has 1 aromatic rings. The van der Waals surface area contributed by atoms with Crippen LogP contribution in [-0.2, 0) is 11.2 Å². The van der Waals surface area contributed by atoms with E-state index in [1.165, 1.54) is 5.56 Å². The first kappa shape index (κ1) is 21.8. The number of urea groups is 1. The van der Waals surface area contributed by atoms with E-state index in [-0.39, 0.29) is 12.1 Å². The number of hydrogen-bond donors (Lipinski definition) is 3. The fourth-order valence-electron chi connectivity index (χ4n) is 3.07. The summed E-state index contributed by atoms with van der Waals surface area (Å²) >= 11 is 0. The molecule has 2 heterocycles. The molecule has 2 aliphatic rings. The van der Waals surface area contributed by atoms with Crippen LogP contribution in [0.5, 0.6) is 5.75 Å². The highest BCUT2D eigenvalue weighted by atomic mass is 19.4. The Morgan fingerprint density at radius 2 is 2.04 bits per heavy atom. The standard InChI is InChI=1S/C16H23N3O2.C2HF3O2/c1-11(2)14-10-17-7-8-19(14)16(20)18-13-5-3-4-12-6-9-21-15(12)13;3-2(4,5)1(6)7/h3-5,11,14,17H,6-10H2,1-2H3,(H,18,20);(H,6,7). The zero-order chi connectivity index (χ0) is 20.9. The van der Waals surface area contributed by atoms with Gasteiger partial charge in [-0.25, -0.2) is 9.59 Å². The quantitative estimate of drug-likeness (QED) is 0.706. The van der Waals surface area contributed by atoms with E-state index in [1.54, 1.807) is 0 Å². The minimum absolute atomic E-state index is 0.0286. The molecule has 0 aliphatic carbocycles. The maximum Gasteiger partial charge on any atom is 0.490 e. The molecule has 2 amide bonds. The number of carbonyl (C=O) groups is 2. The molecular weight excluding hydrogens is 379 g/mol. The molecule has 0 bridgehead atoms. The molecule has 0 radical (unpaired) electrons. The highest BCUT2D eigenvalue weighted by Crippen LogP contribution is 2.33. The van der Waals surface area contributed by atoms with Gasteiger partial charge in [-0.15, -0.1) is 0 Å². The van der Waals surface area contributed by atoms with Gasteiger partial charge in [-0.05, 0) is 17.5 Å². The highest BCUT2D eigenvalue weighted by molar-refractivity contribution is 5.91. The number of hydrogen-bond acceptors (Lipinski definition) is 4. The second-order valence-electron chi connectivity index (χ2n) is 6.83. The summed E-state index contributed by atoms with van der Waals surface area (Å²) in [6.45, 7) is 7.45. The number of nitrogens with one attached hydrogen (secondary N) is 2. The van der Waals surface area contributed by atoms with E-state index >= 15 is 0 Å². The molecule has 7 nitrogen and oxygen atoms in total. The summed E-state index contributed by atoms with van der Waals surface area (Å²) in [4.78, 5) is 23.4. The lowest BCUT2D eigenvalue weighted by Crippen LogP contribution is -2.56. The molecule has 10 heteroatoms. The molecule has 28 heavy (non-hydrogen) atoms. The Morgan fingerprint density at radius 3 is 2.64 bits per heavy atom. The smallest absolute Gasteiger partial charge is 0.490 e. The third-order valence-corrected chi connectivity index (χ3v) is 4.51. The number of anilines is 1. The fourth-order valence-corrected chi connectivity index (χ4v) is 3.07. The Labute approximate surface area is 160 Å². The van der Waals surface area contributed by atoms with E-state index in [1.807, 2.05) is 17.0 Å². The molecule has 0 spiro atoms. The highest BCUT2D eigenvalue weighted by Gasteiger charge is 2.38. The SMILES string of the molecule is CC(C)C1CNCCN1C(=O)Nc1cccc2c1OCC2.O=C(O)C(F)(F)F. The van der Waals surface area contributed by atoms with Crippen LogP contribution in [0.15, 0.2) is 18.2 Å². The van der Waals surface area contributed by atoms with E-state index in [0.717, 1.165) is 37.5 Å². The number of fused-ring (bicyclic) bond motifs is 1. The van der Waals surface area contributed by atoms with E-state index in [9.17, 15) is 18.0 Å². The second-order valence-corrected chi connectivity index (χ2v) is 6.83. The molecule has 1 fully saturated rings. The Hall–Kier alpha value is -2.49. The molecule has 156 valence electrons. The minimum Gasteiger partial charge on any atom is -0.491 e. The summed E-state index contributed by atoms with van der Waals surface area (Å²) < 4.78 is 37.4. The molecule has 3 N–H and O–H groups in total. The van der Waals surface area contributed by atoms with Gasteiger partial charge in [0.25, 0.3) is 0 Å². The summed E-state index contributed by atoms with van der Waals surface area (Å²) in [5, 5.41) is 13.5. The van der Waals surface area contributed by atoms with Crippen molar-refractivity contribution in [3.05, 3.63) is 23.8 Å². The van der Waals surface area contributed by atoms with Gasteiger partial charge in [0.2, 0.25) is 0 Å². The van der Waals surface area contributed by atoms with Crippen LogP contribution in [0.2, 0.25) is 0 Å². The average Bonchev–Trinajstić information content (AvgIpc) is 3.11. The van der Waals surface area contributed by atoms with Gasteiger partial charge in [0, 0.05) is 32.1 Å². The second kappa shape index (κ2) is 9.13. The predicted octanol–water partition coefficient (Wildman–Crippen LogP) is 2.72. The Bertz CT molecular complexity index is 710. The van der Waals surface area contributed by atoms with Crippen LogP contribution in [0.25, 0.3) is 0 Å². The van der Waals surface area contributed by atoms with Crippen LogP contribution in [-0.4, -0.2) is 60.5 Å². The van der Waals surface area contributed by atoms with Gasteiger partial charge in [0.1, 0.15) is 5.75 Å². The van der Waals surface area contributed by atoms with Crippen LogP contribution < -0.4 is 15.4 Å². The predicted molar refractivity (Wildman–Crippen MR) is 96.6 cm³/mol. The summed E-state index contributed by atoms with van der Waals surface area (Å²) in [6, 6.07) is 6.14. The minimum atomic E-state index is -5.08. The number of benzene rings is 1. The van der Waals surface area contributed by atoms with Crippen LogP contribution >= 0.6 is 0 Å². The third kappa shape index (κ3) is 5.51. The van der Waals surface area contributed by atoms with Crippen molar-refractivity contribution in [2.45, 2.75) is 32.5 Å². The van der Waals surface area contributed by atoms with Crippen molar-refractivity contribution in [1.29, 1.82) is 0 Å².